The Bertz CT molecular complexity index is 228. The standard InChI is InChI=1S/C13H20B/c1-3-10-6-5-7-13(14-9-10)12-8-11(12)4-2/h1,10-13H,4-9H2,2H3. The summed E-state index contributed by atoms with van der Waals surface area (Å²) in [5.41, 5.74) is 0. The molecule has 4 unspecified atom stereocenters. The van der Waals surface area contributed by atoms with E-state index in [0.717, 1.165) is 17.7 Å². The molecule has 1 aliphatic heterocycles. The molecule has 2 rings (SSSR count). The number of hydrogen-bond donors (Lipinski definition) is 0. The van der Waals surface area contributed by atoms with Gasteiger partial charge in [-0.1, -0.05) is 38.3 Å². The van der Waals surface area contributed by atoms with Crippen molar-refractivity contribution < 1.29 is 0 Å². The average Bonchev–Trinajstić information content (AvgIpc) is 3.00. The van der Waals surface area contributed by atoms with E-state index < -0.39 is 0 Å². The maximum atomic E-state index is 5.49. The molecule has 0 N–H and O–H groups in total. The molecule has 0 aromatic rings. The maximum Gasteiger partial charge on any atom is 0.115 e. The smallest absolute Gasteiger partial charge is 0.115 e. The molecule has 0 nitrogen and oxygen atoms in total. The van der Waals surface area contributed by atoms with Crippen molar-refractivity contribution in [3.05, 3.63) is 0 Å². The minimum absolute atomic E-state index is 0.541. The van der Waals surface area contributed by atoms with E-state index in [4.69, 9.17) is 6.42 Å². The van der Waals surface area contributed by atoms with Crippen molar-refractivity contribution in [3.63, 3.8) is 0 Å². The molecule has 1 radical (unpaired) electrons. The molecule has 1 saturated heterocycles. The van der Waals surface area contributed by atoms with Gasteiger partial charge in [-0.25, -0.2) is 0 Å². The van der Waals surface area contributed by atoms with Crippen LogP contribution in [0.15, 0.2) is 0 Å². The van der Waals surface area contributed by atoms with Gasteiger partial charge in [0, 0.05) is 5.92 Å². The molecule has 75 valence electrons. The molecule has 0 bridgehead atoms. The molecule has 0 aromatic heterocycles. The molecule has 1 heteroatoms. The Kier molecular flexibility index (Phi) is 3.21. The Morgan fingerprint density at radius 1 is 1.43 bits per heavy atom. The highest BCUT2D eigenvalue weighted by atomic mass is 14.4. The van der Waals surface area contributed by atoms with Crippen LogP contribution < -0.4 is 0 Å². The lowest BCUT2D eigenvalue weighted by molar-refractivity contribution is 0.556. The molecule has 4 atom stereocenters. The Balaban J connectivity index is 1.82. The Morgan fingerprint density at radius 2 is 2.29 bits per heavy atom. The molecule has 0 spiro atoms. The SMILES string of the molecule is C#CC1C[B]C(C2CC2CC)CCC1. The van der Waals surface area contributed by atoms with E-state index in [0.29, 0.717) is 5.92 Å². The van der Waals surface area contributed by atoms with Crippen molar-refractivity contribution in [2.45, 2.75) is 51.2 Å². The van der Waals surface area contributed by atoms with Crippen molar-refractivity contribution in [2.75, 3.05) is 0 Å². The second-order valence-corrected chi connectivity index (χ2v) is 5.00. The van der Waals surface area contributed by atoms with E-state index in [1.165, 1.54) is 38.4 Å². The van der Waals surface area contributed by atoms with Gasteiger partial charge in [0.05, 0.1) is 0 Å². The van der Waals surface area contributed by atoms with Gasteiger partial charge in [-0.2, -0.15) is 0 Å². The van der Waals surface area contributed by atoms with Crippen molar-refractivity contribution in [1.82, 2.24) is 0 Å². The topological polar surface area (TPSA) is 0 Å². The summed E-state index contributed by atoms with van der Waals surface area (Å²) in [4.78, 5) is 0. The van der Waals surface area contributed by atoms with Crippen LogP contribution in [0.3, 0.4) is 0 Å². The first-order valence-electron chi connectivity index (χ1n) is 6.14. The van der Waals surface area contributed by atoms with Crippen LogP contribution in [0.4, 0.5) is 0 Å². The third-order valence-corrected chi connectivity index (χ3v) is 4.10. The van der Waals surface area contributed by atoms with Crippen LogP contribution >= 0.6 is 0 Å². The van der Waals surface area contributed by atoms with Gasteiger partial charge in [0.25, 0.3) is 0 Å². The van der Waals surface area contributed by atoms with E-state index >= 15 is 0 Å². The first-order valence-corrected chi connectivity index (χ1v) is 6.14. The molecule has 1 saturated carbocycles. The second-order valence-electron chi connectivity index (χ2n) is 5.00. The summed E-state index contributed by atoms with van der Waals surface area (Å²) in [6, 6.07) is 0. The number of terminal acetylenes is 1. The third kappa shape index (κ3) is 2.16. The molecular formula is C13H20B. The normalized spacial score (nSPS) is 42.0. The van der Waals surface area contributed by atoms with E-state index in [1.807, 2.05) is 0 Å². The van der Waals surface area contributed by atoms with Crippen LogP contribution in [0.5, 0.6) is 0 Å². The summed E-state index contributed by atoms with van der Waals surface area (Å²) in [7, 11) is 2.54. The first-order chi connectivity index (χ1) is 6.85. The van der Waals surface area contributed by atoms with Gasteiger partial charge in [0.15, 0.2) is 0 Å². The van der Waals surface area contributed by atoms with Gasteiger partial charge >= 0.3 is 0 Å². The Labute approximate surface area is 89.1 Å². The summed E-state index contributed by atoms with van der Waals surface area (Å²) in [6.07, 6.45) is 13.5. The summed E-state index contributed by atoms with van der Waals surface area (Å²) < 4.78 is 0. The van der Waals surface area contributed by atoms with Crippen LogP contribution in [0.2, 0.25) is 12.1 Å². The molecule has 1 aliphatic carbocycles. The highest BCUT2D eigenvalue weighted by molar-refractivity contribution is 6.38. The van der Waals surface area contributed by atoms with E-state index in [1.54, 1.807) is 0 Å². The van der Waals surface area contributed by atoms with Crippen LogP contribution in [-0.2, 0) is 0 Å². The van der Waals surface area contributed by atoms with Crippen molar-refractivity contribution in [2.24, 2.45) is 17.8 Å². The van der Waals surface area contributed by atoms with Gasteiger partial charge in [-0.3, -0.25) is 0 Å². The molecule has 14 heavy (non-hydrogen) atoms. The zero-order valence-electron chi connectivity index (χ0n) is 9.21. The van der Waals surface area contributed by atoms with Gasteiger partial charge in [-0.15, -0.1) is 12.3 Å². The van der Waals surface area contributed by atoms with Gasteiger partial charge in [0.1, 0.15) is 7.28 Å². The lowest BCUT2D eigenvalue weighted by Crippen LogP contribution is -2.06. The predicted molar refractivity (Wildman–Crippen MR) is 62.4 cm³/mol. The highest BCUT2D eigenvalue weighted by Crippen LogP contribution is 2.51. The van der Waals surface area contributed by atoms with Crippen LogP contribution in [0.25, 0.3) is 0 Å². The molecule has 2 aliphatic rings. The second kappa shape index (κ2) is 4.43. The fourth-order valence-corrected chi connectivity index (χ4v) is 2.98. The molecule has 0 amide bonds. The van der Waals surface area contributed by atoms with Crippen LogP contribution in [-0.4, -0.2) is 7.28 Å². The minimum atomic E-state index is 0.541. The highest BCUT2D eigenvalue weighted by Gasteiger charge is 2.41. The first kappa shape index (κ1) is 10.2. The van der Waals surface area contributed by atoms with Gasteiger partial charge in [-0.05, 0) is 24.7 Å². The summed E-state index contributed by atoms with van der Waals surface area (Å²) in [5.74, 6) is 6.42. The zero-order chi connectivity index (χ0) is 9.97. The fraction of sp³-hybridized carbons (Fsp3) is 0.846. The van der Waals surface area contributed by atoms with Gasteiger partial charge < -0.3 is 0 Å². The number of hydrogen-bond acceptors (Lipinski definition) is 0. The largest absolute Gasteiger partial charge is 0.120 e. The monoisotopic (exact) mass is 187 g/mol. The van der Waals surface area contributed by atoms with Crippen molar-refractivity contribution >= 4 is 7.28 Å². The predicted octanol–water partition coefficient (Wildman–Crippen LogP) is 3.38. The summed E-state index contributed by atoms with van der Waals surface area (Å²) in [5, 5.41) is 0. The molecular weight excluding hydrogens is 167 g/mol. The molecule has 0 aromatic carbocycles. The quantitative estimate of drug-likeness (QED) is 0.459. The lowest BCUT2D eigenvalue weighted by Gasteiger charge is -2.12. The van der Waals surface area contributed by atoms with Crippen LogP contribution in [0.1, 0.15) is 39.0 Å². The van der Waals surface area contributed by atoms with Gasteiger partial charge in [0.2, 0.25) is 0 Å². The van der Waals surface area contributed by atoms with E-state index in [2.05, 4.69) is 20.1 Å². The van der Waals surface area contributed by atoms with Crippen LogP contribution in [0, 0.1) is 30.1 Å². The fourth-order valence-electron chi connectivity index (χ4n) is 2.98. The lowest BCUT2D eigenvalue weighted by atomic mass is 9.57. The van der Waals surface area contributed by atoms with E-state index in [-0.39, 0.29) is 0 Å². The van der Waals surface area contributed by atoms with E-state index in [9.17, 15) is 0 Å². The maximum absolute atomic E-state index is 5.49. The molecule has 1 heterocycles. The van der Waals surface area contributed by atoms with Crippen molar-refractivity contribution in [3.8, 4) is 12.3 Å². The Hall–Kier alpha value is -0.375. The Morgan fingerprint density at radius 3 is 2.93 bits per heavy atom. The summed E-state index contributed by atoms with van der Waals surface area (Å²) in [6.45, 7) is 2.33. The number of rotatable bonds is 2. The molecule has 2 fully saturated rings. The average molecular weight is 187 g/mol. The summed E-state index contributed by atoms with van der Waals surface area (Å²) >= 11 is 0. The minimum Gasteiger partial charge on any atom is -0.120 e. The van der Waals surface area contributed by atoms with Crippen molar-refractivity contribution in [1.29, 1.82) is 0 Å². The zero-order valence-corrected chi connectivity index (χ0v) is 9.21. The third-order valence-electron chi connectivity index (χ3n) is 4.10.